The molecular weight excluding hydrogens is 410 g/mol. The zero-order valence-electron chi connectivity index (χ0n) is 17.4. The lowest BCUT2D eigenvalue weighted by molar-refractivity contribution is -0.121. The van der Waals surface area contributed by atoms with Crippen molar-refractivity contribution in [3.63, 3.8) is 0 Å². The van der Waals surface area contributed by atoms with Crippen LogP contribution in [0.25, 0.3) is 0 Å². The lowest BCUT2D eigenvalue weighted by Gasteiger charge is -2.18. The molecule has 0 saturated carbocycles. The van der Waals surface area contributed by atoms with E-state index in [9.17, 15) is 13.2 Å². The maximum absolute atomic E-state index is 12.9. The first-order valence-corrected chi connectivity index (χ1v) is 11.3. The van der Waals surface area contributed by atoms with Gasteiger partial charge in [-0.2, -0.15) is 5.10 Å². The van der Waals surface area contributed by atoms with Crippen LogP contribution >= 0.6 is 0 Å². The number of hydrogen-bond donors (Lipinski definition) is 2. The van der Waals surface area contributed by atoms with Crippen molar-refractivity contribution in [2.24, 2.45) is 5.10 Å². The van der Waals surface area contributed by atoms with Crippen molar-refractivity contribution in [1.29, 1.82) is 0 Å². The van der Waals surface area contributed by atoms with E-state index in [0.717, 1.165) is 16.7 Å². The fraction of sp³-hybridized carbons (Fsp3) is 0.167. The molecule has 0 fully saturated rings. The van der Waals surface area contributed by atoms with E-state index in [4.69, 9.17) is 0 Å². The molecule has 0 unspecified atom stereocenters. The number of carbonyl (C=O) groups excluding carboxylic acids is 1. The first kappa shape index (κ1) is 22.4. The van der Waals surface area contributed by atoms with Crippen molar-refractivity contribution in [1.82, 2.24) is 10.1 Å². The Hall–Kier alpha value is -3.29. The number of nitrogens with one attached hydrogen (secondary N) is 2. The van der Waals surface area contributed by atoms with E-state index in [2.05, 4.69) is 15.2 Å². The van der Waals surface area contributed by atoms with E-state index in [1.54, 1.807) is 54.7 Å². The third-order valence-corrected chi connectivity index (χ3v) is 6.19. The van der Waals surface area contributed by atoms with Crippen molar-refractivity contribution in [3.8, 4) is 0 Å². The number of aryl methyl sites for hydroxylation is 2. The molecule has 3 rings (SSSR count). The molecule has 0 aliphatic heterocycles. The van der Waals surface area contributed by atoms with Gasteiger partial charge in [0.1, 0.15) is 0 Å². The third kappa shape index (κ3) is 6.60. The number of rotatable bonds is 8. The van der Waals surface area contributed by atoms with Crippen LogP contribution in [0.1, 0.15) is 34.7 Å². The summed E-state index contributed by atoms with van der Waals surface area (Å²) in [7, 11) is -3.81. The van der Waals surface area contributed by atoms with Crippen LogP contribution < -0.4 is 10.1 Å². The Morgan fingerprint density at radius 3 is 2.10 bits per heavy atom. The Morgan fingerprint density at radius 2 is 1.48 bits per heavy atom. The van der Waals surface area contributed by atoms with Crippen LogP contribution in [0.5, 0.6) is 0 Å². The number of sulfonamides is 1. The SMILES string of the molecule is Cc1ccc(/C=N\NC(=O)C[C@@H](NS(=O)(=O)c2ccc(C)cc2)c2ccccc2)cc1. The highest BCUT2D eigenvalue weighted by Crippen LogP contribution is 2.20. The zero-order chi connectivity index (χ0) is 22.3. The first-order valence-electron chi connectivity index (χ1n) is 9.86. The minimum atomic E-state index is -3.81. The number of hydrogen-bond acceptors (Lipinski definition) is 4. The van der Waals surface area contributed by atoms with Crippen LogP contribution in [0.4, 0.5) is 0 Å². The molecule has 31 heavy (non-hydrogen) atoms. The average molecular weight is 436 g/mol. The Kier molecular flexibility index (Phi) is 7.33. The highest BCUT2D eigenvalue weighted by Gasteiger charge is 2.23. The zero-order valence-corrected chi connectivity index (χ0v) is 18.3. The molecule has 1 atom stereocenters. The molecule has 0 bridgehead atoms. The summed E-state index contributed by atoms with van der Waals surface area (Å²) < 4.78 is 28.4. The second kappa shape index (κ2) is 10.1. The summed E-state index contributed by atoms with van der Waals surface area (Å²) in [5.41, 5.74) is 6.11. The molecule has 2 N–H and O–H groups in total. The lowest BCUT2D eigenvalue weighted by Crippen LogP contribution is -2.32. The fourth-order valence-electron chi connectivity index (χ4n) is 2.95. The van der Waals surface area contributed by atoms with Gasteiger partial charge in [-0.1, -0.05) is 77.9 Å². The number of amides is 1. The van der Waals surface area contributed by atoms with Gasteiger partial charge >= 0.3 is 0 Å². The predicted molar refractivity (Wildman–Crippen MR) is 122 cm³/mol. The Bertz CT molecular complexity index is 1140. The van der Waals surface area contributed by atoms with Gasteiger partial charge in [-0.15, -0.1) is 0 Å². The van der Waals surface area contributed by atoms with E-state index >= 15 is 0 Å². The fourth-order valence-corrected chi connectivity index (χ4v) is 4.17. The first-order chi connectivity index (χ1) is 14.8. The van der Waals surface area contributed by atoms with Crippen molar-refractivity contribution in [3.05, 3.63) is 101 Å². The van der Waals surface area contributed by atoms with E-state index in [1.165, 1.54) is 0 Å². The molecule has 1 amide bonds. The van der Waals surface area contributed by atoms with Gasteiger partial charge in [-0.3, -0.25) is 4.79 Å². The number of hydrazone groups is 1. The maximum Gasteiger partial charge on any atom is 0.242 e. The normalized spacial score (nSPS) is 12.6. The topological polar surface area (TPSA) is 87.6 Å². The van der Waals surface area contributed by atoms with Crippen molar-refractivity contribution in [2.75, 3.05) is 0 Å². The van der Waals surface area contributed by atoms with E-state index in [1.807, 2.05) is 44.2 Å². The third-order valence-electron chi connectivity index (χ3n) is 4.70. The van der Waals surface area contributed by atoms with E-state index < -0.39 is 22.0 Å². The monoisotopic (exact) mass is 435 g/mol. The lowest BCUT2D eigenvalue weighted by atomic mass is 10.0. The molecule has 3 aromatic carbocycles. The van der Waals surface area contributed by atoms with Gasteiger partial charge in [0.15, 0.2) is 0 Å². The standard InChI is InChI=1S/C24H25N3O3S/c1-18-8-12-20(13-9-18)17-25-26-24(28)16-23(21-6-4-3-5-7-21)27-31(29,30)22-14-10-19(2)11-15-22/h3-15,17,23,27H,16H2,1-2H3,(H,26,28)/b25-17-/t23-/m1/s1. The molecule has 0 aliphatic rings. The van der Waals surface area contributed by atoms with Gasteiger partial charge in [0, 0.05) is 6.42 Å². The van der Waals surface area contributed by atoms with Gasteiger partial charge in [-0.05, 0) is 37.1 Å². The number of nitrogens with zero attached hydrogens (tertiary/aromatic N) is 1. The summed E-state index contributed by atoms with van der Waals surface area (Å²) in [5.74, 6) is -0.399. The molecule has 0 radical (unpaired) electrons. The quantitative estimate of drug-likeness (QED) is 0.416. The molecule has 160 valence electrons. The second-order valence-corrected chi connectivity index (χ2v) is 9.02. The predicted octanol–water partition coefficient (Wildman–Crippen LogP) is 3.86. The number of carbonyl (C=O) groups is 1. The van der Waals surface area contributed by atoms with Crippen LogP contribution in [-0.2, 0) is 14.8 Å². The summed E-state index contributed by atoms with van der Waals surface area (Å²) in [6.45, 7) is 3.88. The molecule has 0 aliphatic carbocycles. The molecular formula is C24H25N3O3S. The maximum atomic E-state index is 12.9. The highest BCUT2D eigenvalue weighted by molar-refractivity contribution is 7.89. The van der Waals surface area contributed by atoms with Gasteiger partial charge < -0.3 is 0 Å². The Balaban J connectivity index is 1.72. The number of benzene rings is 3. The summed E-state index contributed by atoms with van der Waals surface area (Å²) in [5, 5.41) is 3.98. The van der Waals surface area contributed by atoms with E-state index in [-0.39, 0.29) is 11.3 Å². The molecule has 3 aromatic rings. The highest BCUT2D eigenvalue weighted by atomic mass is 32.2. The van der Waals surface area contributed by atoms with Crippen LogP contribution in [0.2, 0.25) is 0 Å². The van der Waals surface area contributed by atoms with Gasteiger partial charge in [0.05, 0.1) is 17.2 Å². The summed E-state index contributed by atoms with van der Waals surface area (Å²) in [4.78, 5) is 12.6. The van der Waals surface area contributed by atoms with Crippen LogP contribution in [0.3, 0.4) is 0 Å². The van der Waals surface area contributed by atoms with Crippen molar-refractivity contribution in [2.45, 2.75) is 31.2 Å². The van der Waals surface area contributed by atoms with Crippen LogP contribution in [0.15, 0.2) is 88.9 Å². The molecule has 0 aromatic heterocycles. The summed E-state index contributed by atoms with van der Waals surface area (Å²) in [6.07, 6.45) is 1.45. The molecule has 0 heterocycles. The smallest absolute Gasteiger partial charge is 0.242 e. The average Bonchev–Trinajstić information content (AvgIpc) is 2.75. The largest absolute Gasteiger partial charge is 0.273 e. The van der Waals surface area contributed by atoms with Crippen molar-refractivity contribution >= 4 is 22.1 Å². The van der Waals surface area contributed by atoms with Gasteiger partial charge in [0.2, 0.25) is 15.9 Å². The molecule has 6 nitrogen and oxygen atoms in total. The van der Waals surface area contributed by atoms with Gasteiger partial charge in [-0.25, -0.2) is 18.6 Å². The van der Waals surface area contributed by atoms with Crippen molar-refractivity contribution < 1.29 is 13.2 Å². The van der Waals surface area contributed by atoms with E-state index in [0.29, 0.717) is 5.56 Å². The molecule has 0 saturated heterocycles. The summed E-state index contributed by atoms with van der Waals surface area (Å²) in [6, 6.07) is 22.5. The molecule has 7 heteroatoms. The van der Waals surface area contributed by atoms with Gasteiger partial charge in [0.25, 0.3) is 0 Å². The molecule has 0 spiro atoms. The van der Waals surface area contributed by atoms with Crippen LogP contribution in [-0.4, -0.2) is 20.5 Å². The second-order valence-electron chi connectivity index (χ2n) is 7.31. The summed E-state index contributed by atoms with van der Waals surface area (Å²) >= 11 is 0. The minimum absolute atomic E-state index is 0.0969. The Labute approximate surface area is 183 Å². The Morgan fingerprint density at radius 1 is 0.903 bits per heavy atom. The van der Waals surface area contributed by atoms with Crippen LogP contribution in [0, 0.1) is 13.8 Å². The minimum Gasteiger partial charge on any atom is -0.273 e.